The zero-order valence-electron chi connectivity index (χ0n) is 17.1. The first-order chi connectivity index (χ1) is 15.6. The SMILES string of the molecule is COC(=O)c1cnccc1NNc1c(O)c(C(=O)Nc2ccccc2)cc2ccccc12. The second kappa shape index (κ2) is 9.05. The normalized spacial score (nSPS) is 10.4. The number of rotatable bonds is 6. The Bertz CT molecular complexity index is 1290. The summed E-state index contributed by atoms with van der Waals surface area (Å²) >= 11 is 0. The Morgan fingerprint density at radius 3 is 2.47 bits per heavy atom. The van der Waals surface area contributed by atoms with Gasteiger partial charge in [0.05, 0.1) is 18.4 Å². The van der Waals surface area contributed by atoms with Gasteiger partial charge in [0, 0.05) is 23.5 Å². The maximum Gasteiger partial charge on any atom is 0.341 e. The number of methoxy groups -OCH3 is 1. The third kappa shape index (κ3) is 4.15. The minimum Gasteiger partial charge on any atom is -0.505 e. The number of aromatic hydroxyl groups is 1. The first kappa shape index (κ1) is 20.7. The predicted molar refractivity (Wildman–Crippen MR) is 123 cm³/mol. The van der Waals surface area contributed by atoms with Crippen LogP contribution in [0.25, 0.3) is 10.8 Å². The number of anilines is 3. The van der Waals surface area contributed by atoms with Crippen LogP contribution in [0.15, 0.2) is 79.1 Å². The summed E-state index contributed by atoms with van der Waals surface area (Å²) in [7, 11) is 1.28. The first-order valence-electron chi connectivity index (χ1n) is 9.74. The number of aromatic nitrogens is 1. The number of esters is 1. The second-order valence-corrected chi connectivity index (χ2v) is 6.85. The molecule has 0 aliphatic rings. The average Bonchev–Trinajstić information content (AvgIpc) is 2.83. The number of benzene rings is 3. The number of hydrazine groups is 1. The highest BCUT2D eigenvalue weighted by molar-refractivity contribution is 6.12. The summed E-state index contributed by atoms with van der Waals surface area (Å²) in [5.41, 5.74) is 7.45. The lowest BCUT2D eigenvalue weighted by Gasteiger charge is -2.17. The lowest BCUT2D eigenvalue weighted by Crippen LogP contribution is -2.16. The van der Waals surface area contributed by atoms with Crippen molar-refractivity contribution in [2.45, 2.75) is 0 Å². The summed E-state index contributed by atoms with van der Waals surface area (Å²) in [6.07, 6.45) is 2.88. The monoisotopic (exact) mass is 428 g/mol. The third-order valence-corrected chi connectivity index (χ3v) is 4.85. The van der Waals surface area contributed by atoms with Crippen LogP contribution in [0.4, 0.5) is 17.1 Å². The molecule has 4 N–H and O–H groups in total. The number of hydrogen-bond donors (Lipinski definition) is 4. The van der Waals surface area contributed by atoms with E-state index in [1.165, 1.54) is 19.5 Å². The van der Waals surface area contributed by atoms with Crippen LogP contribution in [0, 0.1) is 0 Å². The fourth-order valence-electron chi connectivity index (χ4n) is 3.26. The lowest BCUT2D eigenvalue weighted by atomic mass is 10.0. The Balaban J connectivity index is 1.71. The largest absolute Gasteiger partial charge is 0.505 e. The molecule has 0 radical (unpaired) electrons. The van der Waals surface area contributed by atoms with Gasteiger partial charge in [-0.3, -0.25) is 20.6 Å². The van der Waals surface area contributed by atoms with Crippen LogP contribution in [0.1, 0.15) is 20.7 Å². The van der Waals surface area contributed by atoms with Gasteiger partial charge >= 0.3 is 5.97 Å². The van der Waals surface area contributed by atoms with Crippen LogP contribution in [0.2, 0.25) is 0 Å². The molecule has 160 valence electrons. The zero-order valence-corrected chi connectivity index (χ0v) is 17.1. The number of carbonyl (C=O) groups excluding carboxylic acids is 2. The number of ether oxygens (including phenoxy) is 1. The van der Waals surface area contributed by atoms with Crippen LogP contribution in [-0.2, 0) is 4.74 Å². The van der Waals surface area contributed by atoms with Crippen LogP contribution in [-0.4, -0.2) is 29.1 Å². The second-order valence-electron chi connectivity index (χ2n) is 6.85. The molecule has 0 saturated heterocycles. The fourth-order valence-corrected chi connectivity index (χ4v) is 3.26. The Morgan fingerprint density at radius 1 is 0.938 bits per heavy atom. The van der Waals surface area contributed by atoms with Gasteiger partial charge in [-0.25, -0.2) is 4.79 Å². The molecular weight excluding hydrogens is 408 g/mol. The molecule has 8 nitrogen and oxygen atoms in total. The van der Waals surface area contributed by atoms with Gasteiger partial charge in [0.15, 0.2) is 5.75 Å². The molecule has 32 heavy (non-hydrogen) atoms. The standard InChI is InChI=1S/C24H20N4O4/c1-32-24(31)19-14-25-12-11-20(19)27-28-21-17-10-6-5-7-15(17)13-18(22(21)29)23(30)26-16-8-3-2-4-9-16/h2-14,28-29H,1H3,(H,25,27)(H,26,30). The Kier molecular flexibility index (Phi) is 5.85. The molecule has 1 amide bonds. The summed E-state index contributed by atoms with van der Waals surface area (Å²) in [5, 5.41) is 15.2. The molecule has 8 heteroatoms. The molecule has 0 atom stereocenters. The number of nitrogens with zero attached hydrogens (tertiary/aromatic N) is 1. The number of para-hydroxylation sites is 1. The van der Waals surface area contributed by atoms with Crippen molar-refractivity contribution in [2.75, 3.05) is 23.3 Å². The molecule has 0 spiro atoms. The van der Waals surface area contributed by atoms with E-state index in [2.05, 4.69) is 21.2 Å². The van der Waals surface area contributed by atoms with Gasteiger partial charge < -0.3 is 15.2 Å². The minimum atomic E-state index is -0.563. The molecule has 4 rings (SSSR count). The van der Waals surface area contributed by atoms with E-state index >= 15 is 0 Å². The van der Waals surface area contributed by atoms with E-state index in [9.17, 15) is 14.7 Å². The van der Waals surface area contributed by atoms with E-state index in [1.54, 1.807) is 36.4 Å². The molecule has 0 unspecified atom stereocenters. The van der Waals surface area contributed by atoms with Gasteiger partial charge in [0.1, 0.15) is 11.3 Å². The summed E-state index contributed by atoms with van der Waals surface area (Å²) in [5.74, 6) is -1.26. The summed E-state index contributed by atoms with van der Waals surface area (Å²) in [6.45, 7) is 0. The molecule has 0 aliphatic carbocycles. The highest BCUT2D eigenvalue weighted by atomic mass is 16.5. The Morgan fingerprint density at radius 2 is 1.69 bits per heavy atom. The third-order valence-electron chi connectivity index (χ3n) is 4.85. The van der Waals surface area contributed by atoms with E-state index < -0.39 is 11.9 Å². The number of pyridine rings is 1. The number of fused-ring (bicyclic) bond motifs is 1. The van der Waals surface area contributed by atoms with Gasteiger partial charge in [-0.1, -0.05) is 42.5 Å². The number of carbonyl (C=O) groups is 2. The van der Waals surface area contributed by atoms with E-state index in [-0.39, 0.29) is 22.6 Å². The predicted octanol–water partition coefficient (Wildman–Crippen LogP) is 4.42. The maximum atomic E-state index is 12.9. The average molecular weight is 428 g/mol. The quantitative estimate of drug-likeness (QED) is 0.204. The molecule has 4 aromatic rings. The Labute approximate surface area is 183 Å². The van der Waals surface area contributed by atoms with Gasteiger partial charge in [0.25, 0.3) is 5.91 Å². The van der Waals surface area contributed by atoms with Crippen LogP contribution in [0.3, 0.4) is 0 Å². The highest BCUT2D eigenvalue weighted by Crippen LogP contribution is 2.36. The molecule has 3 aromatic carbocycles. The van der Waals surface area contributed by atoms with Crippen LogP contribution >= 0.6 is 0 Å². The number of phenols is 1. The Hall–Kier alpha value is -4.59. The van der Waals surface area contributed by atoms with E-state index in [0.29, 0.717) is 16.8 Å². The van der Waals surface area contributed by atoms with Crippen molar-refractivity contribution in [1.29, 1.82) is 0 Å². The van der Waals surface area contributed by atoms with Crippen molar-refractivity contribution in [3.05, 3.63) is 90.3 Å². The zero-order chi connectivity index (χ0) is 22.5. The van der Waals surface area contributed by atoms with Gasteiger partial charge in [-0.15, -0.1) is 0 Å². The van der Waals surface area contributed by atoms with Crippen LogP contribution in [0.5, 0.6) is 5.75 Å². The van der Waals surface area contributed by atoms with Crippen molar-refractivity contribution >= 4 is 39.7 Å². The number of nitrogens with one attached hydrogen (secondary N) is 3. The molecule has 1 heterocycles. The van der Waals surface area contributed by atoms with Crippen molar-refractivity contribution in [3.63, 3.8) is 0 Å². The highest BCUT2D eigenvalue weighted by Gasteiger charge is 2.19. The topological polar surface area (TPSA) is 113 Å². The minimum absolute atomic E-state index is 0.0970. The summed E-state index contributed by atoms with van der Waals surface area (Å²) in [6, 6.07) is 19.5. The first-order valence-corrected chi connectivity index (χ1v) is 9.74. The summed E-state index contributed by atoms with van der Waals surface area (Å²) in [4.78, 5) is 28.9. The molecule has 0 fully saturated rings. The van der Waals surface area contributed by atoms with E-state index in [1.807, 2.05) is 30.3 Å². The number of hydrogen-bond acceptors (Lipinski definition) is 7. The van der Waals surface area contributed by atoms with Gasteiger partial charge in [-0.2, -0.15) is 0 Å². The molecule has 0 aliphatic heterocycles. The van der Waals surface area contributed by atoms with Gasteiger partial charge in [-0.05, 0) is 29.7 Å². The maximum absolute atomic E-state index is 12.9. The lowest BCUT2D eigenvalue weighted by molar-refractivity contribution is 0.0601. The van der Waals surface area contributed by atoms with Crippen LogP contribution < -0.4 is 16.2 Å². The van der Waals surface area contributed by atoms with Gasteiger partial charge in [0.2, 0.25) is 0 Å². The molecule has 0 bridgehead atoms. The smallest absolute Gasteiger partial charge is 0.341 e. The van der Waals surface area contributed by atoms with E-state index in [4.69, 9.17) is 4.74 Å². The molecular formula is C24H20N4O4. The fraction of sp³-hybridized carbons (Fsp3) is 0.0417. The van der Waals surface area contributed by atoms with Crippen molar-refractivity contribution in [3.8, 4) is 5.75 Å². The number of phenolic OH excluding ortho intramolecular Hbond substituents is 1. The molecule has 1 aromatic heterocycles. The van der Waals surface area contributed by atoms with E-state index in [0.717, 1.165) is 5.39 Å². The van der Waals surface area contributed by atoms with Crippen molar-refractivity contribution < 1.29 is 19.4 Å². The van der Waals surface area contributed by atoms with Crippen molar-refractivity contribution in [2.24, 2.45) is 0 Å². The number of amides is 1. The summed E-state index contributed by atoms with van der Waals surface area (Å²) < 4.78 is 4.78. The van der Waals surface area contributed by atoms with Crippen molar-refractivity contribution in [1.82, 2.24) is 4.98 Å². The molecule has 0 saturated carbocycles.